The molecule has 1 aromatic carbocycles. The molecule has 1 aliphatic carbocycles. The maximum atomic E-state index is 12.4. The van der Waals surface area contributed by atoms with Gasteiger partial charge in [0.2, 0.25) is 5.91 Å². The molecule has 5 heteroatoms. The Morgan fingerprint density at radius 2 is 1.90 bits per heavy atom. The summed E-state index contributed by atoms with van der Waals surface area (Å²) < 4.78 is 5.06. The number of benzene rings is 1. The van der Waals surface area contributed by atoms with E-state index in [0.717, 1.165) is 24.9 Å². The predicted molar refractivity (Wildman–Crippen MR) is 74.9 cm³/mol. The van der Waals surface area contributed by atoms with Crippen LogP contribution in [0.3, 0.4) is 0 Å². The van der Waals surface area contributed by atoms with Crippen LogP contribution in [0.4, 0.5) is 5.69 Å². The summed E-state index contributed by atoms with van der Waals surface area (Å²) in [6, 6.07) is 6.88. The summed E-state index contributed by atoms with van der Waals surface area (Å²) in [5, 5.41) is 8.54. The lowest BCUT2D eigenvalue weighted by atomic mass is 10.0. The van der Waals surface area contributed by atoms with Crippen molar-refractivity contribution >= 4 is 17.6 Å². The Morgan fingerprint density at radius 1 is 1.30 bits per heavy atom. The second-order valence-electron chi connectivity index (χ2n) is 5.17. The van der Waals surface area contributed by atoms with Gasteiger partial charge in [0.05, 0.1) is 0 Å². The Bertz CT molecular complexity index is 505. The summed E-state index contributed by atoms with van der Waals surface area (Å²) in [5.41, 5.74) is 0.630. The summed E-state index contributed by atoms with van der Waals surface area (Å²) in [5.74, 6) is -0.382. The largest absolute Gasteiger partial charge is 0.482 e. The Hall–Kier alpha value is -2.04. The first-order chi connectivity index (χ1) is 9.48. The van der Waals surface area contributed by atoms with Gasteiger partial charge in [-0.15, -0.1) is 0 Å². The molecular formula is C15H19NO4. The second kappa shape index (κ2) is 5.53. The molecule has 0 heterocycles. The van der Waals surface area contributed by atoms with Crippen molar-refractivity contribution in [3.05, 3.63) is 24.3 Å². The molecule has 1 N–H and O–H groups in total. The Morgan fingerprint density at radius 3 is 2.35 bits per heavy atom. The van der Waals surface area contributed by atoms with Crippen LogP contribution >= 0.6 is 0 Å². The minimum Gasteiger partial charge on any atom is -0.482 e. The van der Waals surface area contributed by atoms with Crippen molar-refractivity contribution in [3.63, 3.8) is 0 Å². The summed E-state index contributed by atoms with van der Waals surface area (Å²) in [6.07, 6.45) is 2.80. The van der Waals surface area contributed by atoms with Gasteiger partial charge in [-0.3, -0.25) is 4.79 Å². The molecule has 0 radical (unpaired) electrons. The lowest BCUT2D eigenvalue weighted by molar-refractivity contribution is -0.139. The highest BCUT2D eigenvalue weighted by Gasteiger charge is 2.49. The van der Waals surface area contributed by atoms with Crippen LogP contribution in [-0.4, -0.2) is 30.6 Å². The number of hydrogen-bond donors (Lipinski definition) is 1. The molecule has 0 saturated heterocycles. The number of ether oxygens (including phenoxy) is 1. The van der Waals surface area contributed by atoms with Gasteiger partial charge < -0.3 is 14.7 Å². The average Bonchev–Trinajstić information content (AvgIpc) is 3.25. The molecule has 1 amide bonds. The van der Waals surface area contributed by atoms with Crippen LogP contribution in [0.5, 0.6) is 5.75 Å². The van der Waals surface area contributed by atoms with Gasteiger partial charge in [-0.25, -0.2) is 4.79 Å². The Kier molecular flexibility index (Phi) is 3.97. The van der Waals surface area contributed by atoms with Crippen molar-refractivity contribution in [2.75, 3.05) is 18.6 Å². The highest BCUT2D eigenvalue weighted by molar-refractivity contribution is 5.98. The molecule has 1 fully saturated rings. The van der Waals surface area contributed by atoms with Crippen molar-refractivity contribution in [2.45, 2.75) is 26.2 Å². The molecule has 0 aromatic heterocycles. The number of carbonyl (C=O) groups excluding carboxylic acids is 1. The van der Waals surface area contributed by atoms with Crippen molar-refractivity contribution in [2.24, 2.45) is 5.41 Å². The minimum absolute atomic E-state index is 0.152. The number of carbonyl (C=O) groups is 2. The van der Waals surface area contributed by atoms with Crippen molar-refractivity contribution in [1.29, 1.82) is 0 Å². The minimum atomic E-state index is -1.01. The molecule has 5 nitrogen and oxygen atoms in total. The zero-order chi connectivity index (χ0) is 14.8. The maximum absolute atomic E-state index is 12.4. The van der Waals surface area contributed by atoms with E-state index in [1.54, 1.807) is 36.2 Å². The lowest BCUT2D eigenvalue weighted by Crippen LogP contribution is -2.33. The molecule has 2 rings (SSSR count). The molecule has 0 atom stereocenters. The van der Waals surface area contributed by atoms with E-state index in [-0.39, 0.29) is 17.9 Å². The monoisotopic (exact) mass is 277 g/mol. The molecule has 1 aliphatic rings. The predicted octanol–water partition coefficient (Wildman–Crippen LogP) is 2.30. The zero-order valence-electron chi connectivity index (χ0n) is 11.8. The van der Waals surface area contributed by atoms with Crippen LogP contribution < -0.4 is 9.64 Å². The van der Waals surface area contributed by atoms with Gasteiger partial charge in [0.1, 0.15) is 5.75 Å². The van der Waals surface area contributed by atoms with Gasteiger partial charge in [-0.1, -0.05) is 6.92 Å². The third kappa shape index (κ3) is 2.92. The van der Waals surface area contributed by atoms with Gasteiger partial charge >= 0.3 is 5.97 Å². The zero-order valence-corrected chi connectivity index (χ0v) is 11.8. The molecule has 0 aliphatic heterocycles. The molecular weight excluding hydrogens is 258 g/mol. The van der Waals surface area contributed by atoms with Crippen molar-refractivity contribution < 1.29 is 19.4 Å². The van der Waals surface area contributed by atoms with Gasteiger partial charge in [-0.2, -0.15) is 0 Å². The van der Waals surface area contributed by atoms with E-state index in [4.69, 9.17) is 9.84 Å². The number of carboxylic acid groups (broad SMARTS) is 1. The smallest absolute Gasteiger partial charge is 0.341 e. The highest BCUT2D eigenvalue weighted by atomic mass is 16.5. The normalized spacial score (nSPS) is 15.5. The van der Waals surface area contributed by atoms with E-state index >= 15 is 0 Å². The highest BCUT2D eigenvalue weighted by Crippen LogP contribution is 2.50. The Balaban J connectivity index is 2.02. The quantitative estimate of drug-likeness (QED) is 0.866. The molecule has 1 saturated carbocycles. The second-order valence-corrected chi connectivity index (χ2v) is 5.17. The molecule has 0 bridgehead atoms. The molecule has 0 unspecified atom stereocenters. The number of amides is 1. The van der Waals surface area contributed by atoms with E-state index in [9.17, 15) is 9.59 Å². The van der Waals surface area contributed by atoms with E-state index in [1.807, 2.05) is 6.92 Å². The molecule has 1 aromatic rings. The number of carboxylic acids is 1. The van der Waals surface area contributed by atoms with Gasteiger partial charge in [0.15, 0.2) is 6.61 Å². The fourth-order valence-electron chi connectivity index (χ4n) is 2.25. The summed E-state index contributed by atoms with van der Waals surface area (Å²) in [4.78, 5) is 24.4. The van der Waals surface area contributed by atoms with Crippen molar-refractivity contribution in [1.82, 2.24) is 0 Å². The average molecular weight is 277 g/mol. The van der Waals surface area contributed by atoms with Crippen LogP contribution in [0.25, 0.3) is 0 Å². The van der Waals surface area contributed by atoms with Crippen LogP contribution in [0, 0.1) is 5.41 Å². The molecule has 108 valence electrons. The lowest BCUT2D eigenvalue weighted by Gasteiger charge is -2.23. The van der Waals surface area contributed by atoms with E-state index in [0.29, 0.717) is 5.75 Å². The first-order valence-corrected chi connectivity index (χ1v) is 6.71. The van der Waals surface area contributed by atoms with Crippen LogP contribution in [0.15, 0.2) is 24.3 Å². The third-order valence-corrected chi connectivity index (χ3v) is 3.87. The van der Waals surface area contributed by atoms with E-state index in [1.165, 1.54) is 0 Å². The van der Waals surface area contributed by atoms with Gasteiger partial charge in [0, 0.05) is 18.2 Å². The molecule has 20 heavy (non-hydrogen) atoms. The number of anilines is 1. The molecule has 0 spiro atoms. The van der Waals surface area contributed by atoms with E-state index < -0.39 is 5.97 Å². The van der Waals surface area contributed by atoms with Crippen molar-refractivity contribution in [3.8, 4) is 5.75 Å². The first kappa shape index (κ1) is 14.4. The number of nitrogens with zero attached hydrogens (tertiary/aromatic N) is 1. The first-order valence-electron chi connectivity index (χ1n) is 6.71. The number of rotatable bonds is 6. The Labute approximate surface area is 118 Å². The SMILES string of the molecule is CCC1(C(=O)N(C)c2ccc(OCC(=O)O)cc2)CC1. The van der Waals surface area contributed by atoms with Crippen LogP contribution in [0.2, 0.25) is 0 Å². The third-order valence-electron chi connectivity index (χ3n) is 3.87. The fraction of sp³-hybridized carbons (Fsp3) is 0.467. The fourth-order valence-corrected chi connectivity index (χ4v) is 2.25. The van der Waals surface area contributed by atoms with Crippen LogP contribution in [-0.2, 0) is 9.59 Å². The van der Waals surface area contributed by atoms with Gasteiger partial charge in [0.25, 0.3) is 0 Å². The standard InChI is InChI=1S/C15H19NO4/c1-3-15(8-9-15)14(19)16(2)11-4-6-12(7-5-11)20-10-13(17)18/h4-7H,3,8-10H2,1-2H3,(H,17,18). The summed E-state index contributed by atoms with van der Waals surface area (Å²) >= 11 is 0. The topological polar surface area (TPSA) is 66.8 Å². The maximum Gasteiger partial charge on any atom is 0.341 e. The summed E-state index contributed by atoms with van der Waals surface area (Å²) in [7, 11) is 1.77. The summed E-state index contributed by atoms with van der Waals surface area (Å²) in [6.45, 7) is 1.68. The van der Waals surface area contributed by atoms with E-state index in [2.05, 4.69) is 0 Å². The van der Waals surface area contributed by atoms with Crippen LogP contribution in [0.1, 0.15) is 26.2 Å². The number of hydrogen-bond acceptors (Lipinski definition) is 3. The van der Waals surface area contributed by atoms with Gasteiger partial charge in [-0.05, 0) is 43.5 Å². The number of aliphatic carboxylic acids is 1.